The summed E-state index contributed by atoms with van der Waals surface area (Å²) in [6, 6.07) is 36.8. The molecule has 0 N–H and O–H groups in total. The van der Waals surface area contributed by atoms with Crippen LogP contribution in [0.3, 0.4) is 0 Å². The third kappa shape index (κ3) is 14.0. The van der Waals surface area contributed by atoms with Gasteiger partial charge in [0, 0.05) is 6.42 Å². The first-order valence-corrected chi connectivity index (χ1v) is 24.0. The maximum absolute atomic E-state index is 13.7. The summed E-state index contributed by atoms with van der Waals surface area (Å²) in [7, 11) is 6.63. The Kier molecular flexibility index (Phi) is 20.3. The van der Waals surface area contributed by atoms with Gasteiger partial charge in [-0.25, -0.2) is 0 Å². The molecular formula is C58H65F5O8. The number of benzene rings is 6. The summed E-state index contributed by atoms with van der Waals surface area (Å²) >= 11 is 0. The Morgan fingerprint density at radius 1 is 0.507 bits per heavy atom. The highest BCUT2D eigenvalue weighted by Gasteiger charge is 2.57. The number of rotatable bonds is 24. The van der Waals surface area contributed by atoms with E-state index in [1.807, 2.05) is 60.7 Å². The second-order valence-corrected chi connectivity index (χ2v) is 17.2. The van der Waals surface area contributed by atoms with Crippen molar-refractivity contribution in [1.29, 1.82) is 0 Å². The van der Waals surface area contributed by atoms with Gasteiger partial charge < -0.3 is 28.4 Å². The average molecular weight is 985 g/mol. The molecule has 0 radical (unpaired) electrons. The van der Waals surface area contributed by atoms with Gasteiger partial charge in [-0.1, -0.05) is 92.4 Å². The van der Waals surface area contributed by atoms with E-state index in [9.17, 15) is 31.5 Å². The van der Waals surface area contributed by atoms with E-state index in [0.29, 0.717) is 12.8 Å². The van der Waals surface area contributed by atoms with Gasteiger partial charge in [0.25, 0.3) is 0 Å². The number of hydrogen-bond acceptors (Lipinski definition) is 8. The van der Waals surface area contributed by atoms with Crippen LogP contribution in [0.1, 0.15) is 82.8 Å². The Hall–Kier alpha value is -6.63. The molecular weight excluding hydrogens is 920 g/mol. The van der Waals surface area contributed by atoms with Gasteiger partial charge in [-0.05, 0) is 156 Å². The molecule has 0 aliphatic carbocycles. The highest BCUT2D eigenvalue weighted by Crippen LogP contribution is 2.43. The van der Waals surface area contributed by atoms with Crippen molar-refractivity contribution in [2.24, 2.45) is 5.41 Å². The largest absolute Gasteiger partial charge is 0.497 e. The minimum atomic E-state index is -5.72. The van der Waals surface area contributed by atoms with Crippen LogP contribution < -0.4 is 18.9 Å². The van der Waals surface area contributed by atoms with Crippen LogP contribution >= 0.6 is 0 Å². The number of unbranched alkanes of at least 4 members (excludes halogenated alkanes) is 4. The number of aryl methyl sites for hydroxylation is 1. The zero-order chi connectivity index (χ0) is 51.6. The summed E-state index contributed by atoms with van der Waals surface area (Å²) in [6.07, 6.45) is -1.62. The van der Waals surface area contributed by atoms with E-state index < -0.39 is 48.7 Å². The van der Waals surface area contributed by atoms with Crippen LogP contribution in [0.4, 0.5) is 22.0 Å². The Morgan fingerprint density at radius 2 is 0.930 bits per heavy atom. The number of halogens is 5. The van der Waals surface area contributed by atoms with Crippen molar-refractivity contribution in [3.63, 3.8) is 0 Å². The summed E-state index contributed by atoms with van der Waals surface area (Å²) in [6.45, 7) is 6.80. The predicted octanol–water partition coefficient (Wildman–Crippen LogP) is 15.1. The summed E-state index contributed by atoms with van der Waals surface area (Å²) in [5, 5.41) is 4.59. The smallest absolute Gasteiger partial charge is 0.453 e. The fraction of sp³-hybridized carbons (Fsp3) is 0.379. The number of alkyl halides is 5. The second kappa shape index (κ2) is 26.0. The zero-order valence-corrected chi connectivity index (χ0v) is 41.5. The quantitative estimate of drug-likeness (QED) is 0.0195. The molecule has 0 aliphatic rings. The van der Waals surface area contributed by atoms with Crippen molar-refractivity contribution in [1.82, 2.24) is 0 Å². The molecule has 8 nitrogen and oxygen atoms in total. The van der Waals surface area contributed by atoms with Crippen molar-refractivity contribution in [2.75, 3.05) is 41.7 Å². The molecule has 0 saturated heterocycles. The van der Waals surface area contributed by atoms with Crippen molar-refractivity contribution in [3.05, 3.63) is 133 Å². The first kappa shape index (κ1) is 55.3. The van der Waals surface area contributed by atoms with Crippen LogP contribution in [-0.4, -0.2) is 65.7 Å². The van der Waals surface area contributed by atoms with E-state index in [0.717, 1.165) is 77.0 Å². The van der Waals surface area contributed by atoms with Crippen LogP contribution in [-0.2, 0) is 31.9 Å². The lowest BCUT2D eigenvalue weighted by atomic mass is 9.77. The highest BCUT2D eigenvalue weighted by molar-refractivity contribution is 6.00. The minimum absolute atomic E-state index is 0.0744. The Balaban J connectivity index is 0.000000337. The molecule has 380 valence electrons. The molecule has 6 aromatic carbocycles. The molecule has 6 aromatic rings. The third-order valence-corrected chi connectivity index (χ3v) is 12.7. The average Bonchev–Trinajstić information content (AvgIpc) is 3.37. The number of esters is 2. The molecule has 0 aliphatic heterocycles. The predicted molar refractivity (Wildman–Crippen MR) is 271 cm³/mol. The molecule has 0 unspecified atom stereocenters. The molecule has 0 atom stereocenters. The summed E-state index contributed by atoms with van der Waals surface area (Å²) in [4.78, 5) is 26.1. The monoisotopic (exact) mass is 984 g/mol. The van der Waals surface area contributed by atoms with E-state index in [2.05, 4.69) is 61.2 Å². The lowest BCUT2D eigenvalue weighted by Crippen LogP contribution is -2.43. The van der Waals surface area contributed by atoms with E-state index in [1.165, 1.54) is 46.9 Å². The fourth-order valence-corrected chi connectivity index (χ4v) is 8.88. The maximum Gasteiger partial charge on any atom is 0.453 e. The molecule has 13 heteroatoms. The van der Waals surface area contributed by atoms with Crippen LogP contribution in [0.15, 0.2) is 122 Å². The maximum atomic E-state index is 13.7. The number of ether oxygens (including phenoxy) is 6. The minimum Gasteiger partial charge on any atom is -0.497 e. The van der Waals surface area contributed by atoms with Gasteiger partial charge in [0.05, 0.1) is 41.7 Å². The number of carbonyl (C=O) groups is 2. The normalized spacial score (nSPS) is 11.6. The van der Waals surface area contributed by atoms with Gasteiger partial charge in [0.15, 0.2) is 5.41 Å². The van der Waals surface area contributed by atoms with Crippen molar-refractivity contribution >= 4 is 33.5 Å². The van der Waals surface area contributed by atoms with Gasteiger partial charge >= 0.3 is 24.0 Å². The molecule has 6 rings (SSSR count). The van der Waals surface area contributed by atoms with Crippen molar-refractivity contribution < 1.29 is 60.0 Å². The number of methoxy groups -OCH3 is 4. The standard InChI is InChI=1S/C37H45F5O6.C21H20O2/c1-5-47-33(43)35(34(44)48-6-2,23-12-24-36(38,39)37(40,41)42)22-11-9-7-8-10-13-32-30(26-14-17-28(45-3)18-15-26)20-16-27-25-29(46-4)19-21-31(27)32;1-4-5-21-19(15-6-9-17(22-2)10-7-15)12-8-16-14-18(23-3)11-13-20(16)21/h14-21,25H,5-13,22-24H2,1-4H3;4,6-14H,1,5H2,2-3H3. The van der Waals surface area contributed by atoms with E-state index in [-0.39, 0.29) is 19.6 Å². The number of allylic oxidation sites excluding steroid dienone is 1. The van der Waals surface area contributed by atoms with Crippen LogP contribution in [0.5, 0.6) is 23.0 Å². The van der Waals surface area contributed by atoms with Crippen LogP contribution in [0, 0.1) is 5.41 Å². The SMILES string of the molecule is C=CCc1c(-c2ccc(OC)cc2)ccc2cc(OC)ccc12.CCOC(=O)C(CCCCCCCc1c(-c2ccc(OC)cc2)ccc2cc(OC)ccc12)(CCCC(F)(F)C(F)(F)F)C(=O)OCC. The van der Waals surface area contributed by atoms with Crippen LogP contribution in [0.2, 0.25) is 0 Å². The topological polar surface area (TPSA) is 89.5 Å². The second-order valence-electron chi connectivity index (χ2n) is 17.2. The lowest BCUT2D eigenvalue weighted by molar-refractivity contribution is -0.284. The summed E-state index contributed by atoms with van der Waals surface area (Å²) < 4.78 is 97.2. The third-order valence-electron chi connectivity index (χ3n) is 12.7. The Labute approximate surface area is 414 Å². The number of fused-ring (bicyclic) bond motifs is 2. The van der Waals surface area contributed by atoms with Crippen molar-refractivity contribution in [3.8, 4) is 45.3 Å². The van der Waals surface area contributed by atoms with E-state index >= 15 is 0 Å². The molecule has 0 heterocycles. The van der Waals surface area contributed by atoms with E-state index in [4.69, 9.17) is 28.4 Å². The van der Waals surface area contributed by atoms with E-state index in [1.54, 1.807) is 28.4 Å². The molecule has 0 spiro atoms. The molecule has 0 saturated carbocycles. The molecule has 0 amide bonds. The first-order chi connectivity index (χ1) is 34.1. The number of hydrogen-bond donors (Lipinski definition) is 0. The van der Waals surface area contributed by atoms with Crippen molar-refractivity contribution in [2.45, 2.75) is 96.6 Å². The highest BCUT2D eigenvalue weighted by atomic mass is 19.4. The van der Waals surface area contributed by atoms with Crippen LogP contribution in [0.25, 0.3) is 43.8 Å². The summed E-state index contributed by atoms with van der Waals surface area (Å²) in [5.74, 6) is -3.59. The lowest BCUT2D eigenvalue weighted by Gasteiger charge is -2.30. The Bertz CT molecular complexity index is 2660. The fourth-order valence-electron chi connectivity index (χ4n) is 8.88. The molecule has 0 bridgehead atoms. The van der Waals surface area contributed by atoms with Gasteiger partial charge in [-0.3, -0.25) is 9.59 Å². The Morgan fingerprint density at radius 3 is 1.38 bits per heavy atom. The molecule has 0 fully saturated rings. The first-order valence-electron chi connectivity index (χ1n) is 24.0. The zero-order valence-electron chi connectivity index (χ0n) is 41.5. The number of carbonyl (C=O) groups excluding carboxylic acids is 2. The van der Waals surface area contributed by atoms with Gasteiger partial charge in [-0.15, -0.1) is 6.58 Å². The summed E-state index contributed by atoms with van der Waals surface area (Å²) in [5.41, 5.74) is 5.10. The molecule has 0 aromatic heterocycles. The molecule has 71 heavy (non-hydrogen) atoms. The van der Waals surface area contributed by atoms with Gasteiger partial charge in [0.2, 0.25) is 0 Å². The van der Waals surface area contributed by atoms with Gasteiger partial charge in [-0.2, -0.15) is 22.0 Å². The van der Waals surface area contributed by atoms with Gasteiger partial charge in [0.1, 0.15) is 23.0 Å².